The molecule has 0 spiro atoms. The van der Waals surface area contributed by atoms with Gasteiger partial charge in [-0.05, 0) is 37.1 Å². The molecule has 0 amide bonds. The summed E-state index contributed by atoms with van der Waals surface area (Å²) in [5, 5.41) is 3.18. The van der Waals surface area contributed by atoms with E-state index < -0.39 is 9.84 Å². The molecule has 0 aliphatic rings. The fourth-order valence-electron chi connectivity index (χ4n) is 1.47. The van der Waals surface area contributed by atoms with E-state index in [1.807, 2.05) is 6.92 Å². The molecular formula is C12H18ClNO2S. The Balaban J connectivity index is 2.68. The summed E-state index contributed by atoms with van der Waals surface area (Å²) in [6.07, 6.45) is 1.52. The zero-order valence-electron chi connectivity index (χ0n) is 9.95. The lowest BCUT2D eigenvalue weighted by Gasteiger charge is -2.07. The minimum Gasteiger partial charge on any atom is -0.385 e. The molecule has 3 nitrogen and oxygen atoms in total. The third-order valence-electron chi connectivity index (χ3n) is 2.33. The van der Waals surface area contributed by atoms with Gasteiger partial charge >= 0.3 is 0 Å². The van der Waals surface area contributed by atoms with Crippen molar-refractivity contribution in [2.45, 2.75) is 24.7 Å². The molecule has 1 rings (SSSR count). The summed E-state index contributed by atoms with van der Waals surface area (Å²) < 4.78 is 23.5. The molecule has 0 aliphatic carbocycles. The van der Waals surface area contributed by atoms with Crippen LogP contribution in [-0.4, -0.2) is 26.6 Å². The quantitative estimate of drug-likeness (QED) is 0.615. The summed E-state index contributed by atoms with van der Waals surface area (Å²) >= 11 is 5.57. The predicted octanol–water partition coefficient (Wildman–Crippen LogP) is 2.91. The van der Waals surface area contributed by atoms with E-state index in [1.165, 1.54) is 0 Å². The third kappa shape index (κ3) is 4.56. The van der Waals surface area contributed by atoms with Gasteiger partial charge in [0.05, 0.1) is 10.6 Å². The van der Waals surface area contributed by atoms with Crippen LogP contribution in [0, 0.1) is 0 Å². The Morgan fingerprint density at radius 3 is 2.41 bits per heavy atom. The van der Waals surface area contributed by atoms with E-state index in [1.54, 1.807) is 24.3 Å². The molecule has 0 fully saturated rings. The van der Waals surface area contributed by atoms with Gasteiger partial charge in [-0.25, -0.2) is 8.42 Å². The van der Waals surface area contributed by atoms with Crippen molar-refractivity contribution in [2.75, 3.05) is 23.5 Å². The summed E-state index contributed by atoms with van der Waals surface area (Å²) in [7, 11) is -3.10. The van der Waals surface area contributed by atoms with Gasteiger partial charge in [-0.3, -0.25) is 0 Å². The van der Waals surface area contributed by atoms with Gasteiger partial charge in [-0.2, -0.15) is 0 Å². The molecule has 0 unspecified atom stereocenters. The maximum atomic E-state index is 11.8. The van der Waals surface area contributed by atoms with Crippen molar-refractivity contribution in [3.63, 3.8) is 0 Å². The molecule has 96 valence electrons. The summed E-state index contributed by atoms with van der Waals surface area (Å²) in [5.41, 5.74) is 0.922. The predicted molar refractivity (Wildman–Crippen MR) is 72.6 cm³/mol. The topological polar surface area (TPSA) is 46.2 Å². The largest absolute Gasteiger partial charge is 0.385 e. The summed E-state index contributed by atoms with van der Waals surface area (Å²) in [6.45, 7) is 2.66. The van der Waals surface area contributed by atoms with Crippen LogP contribution in [0.2, 0.25) is 0 Å². The van der Waals surface area contributed by atoms with Gasteiger partial charge in [0.2, 0.25) is 0 Å². The average molecular weight is 276 g/mol. The molecular weight excluding hydrogens is 258 g/mol. The molecule has 0 saturated carbocycles. The highest BCUT2D eigenvalue weighted by Crippen LogP contribution is 2.16. The van der Waals surface area contributed by atoms with Gasteiger partial charge in [0.15, 0.2) is 9.84 Å². The monoisotopic (exact) mass is 275 g/mol. The molecule has 0 aliphatic heterocycles. The highest BCUT2D eigenvalue weighted by atomic mass is 35.5. The van der Waals surface area contributed by atoms with E-state index >= 15 is 0 Å². The van der Waals surface area contributed by atoms with Crippen LogP contribution in [0.15, 0.2) is 29.2 Å². The van der Waals surface area contributed by atoms with Crippen LogP contribution in [0.25, 0.3) is 0 Å². The van der Waals surface area contributed by atoms with Crippen molar-refractivity contribution in [1.82, 2.24) is 0 Å². The Bertz CT molecular complexity index is 428. The lowest BCUT2D eigenvalue weighted by molar-refractivity contribution is 0.595. The first-order valence-electron chi connectivity index (χ1n) is 5.73. The SMILES string of the molecule is CCCS(=O)(=O)c1ccc(NCCCCl)cc1. The van der Waals surface area contributed by atoms with Gasteiger partial charge < -0.3 is 5.32 Å². The van der Waals surface area contributed by atoms with Crippen LogP contribution in [0.3, 0.4) is 0 Å². The van der Waals surface area contributed by atoms with E-state index in [9.17, 15) is 8.42 Å². The van der Waals surface area contributed by atoms with Crippen LogP contribution < -0.4 is 5.32 Å². The summed E-state index contributed by atoms with van der Waals surface area (Å²) in [6, 6.07) is 6.87. The number of halogens is 1. The van der Waals surface area contributed by atoms with E-state index in [0.717, 1.165) is 18.7 Å². The number of hydrogen-bond donors (Lipinski definition) is 1. The van der Waals surface area contributed by atoms with Gasteiger partial charge in [-0.15, -0.1) is 11.6 Å². The van der Waals surface area contributed by atoms with Crippen molar-refractivity contribution >= 4 is 27.1 Å². The zero-order chi connectivity index (χ0) is 12.7. The molecule has 0 aromatic heterocycles. The van der Waals surface area contributed by atoms with Crippen molar-refractivity contribution < 1.29 is 8.42 Å². The summed E-state index contributed by atoms with van der Waals surface area (Å²) in [4.78, 5) is 0.391. The van der Waals surface area contributed by atoms with E-state index in [0.29, 0.717) is 17.2 Å². The van der Waals surface area contributed by atoms with Gasteiger partial charge in [0, 0.05) is 18.1 Å². The van der Waals surface area contributed by atoms with E-state index in [4.69, 9.17) is 11.6 Å². The number of anilines is 1. The summed E-state index contributed by atoms with van der Waals surface area (Å²) in [5.74, 6) is 0.821. The molecule has 5 heteroatoms. The Kier molecular flexibility index (Phi) is 5.78. The number of nitrogens with one attached hydrogen (secondary N) is 1. The minimum absolute atomic E-state index is 0.200. The zero-order valence-corrected chi connectivity index (χ0v) is 11.5. The van der Waals surface area contributed by atoms with Crippen LogP contribution in [0.5, 0.6) is 0 Å². The Hall–Kier alpha value is -0.740. The minimum atomic E-state index is -3.10. The van der Waals surface area contributed by atoms with Crippen molar-refractivity contribution in [2.24, 2.45) is 0 Å². The molecule has 0 bridgehead atoms. The smallest absolute Gasteiger partial charge is 0.178 e. The fourth-order valence-corrected chi connectivity index (χ4v) is 2.92. The Morgan fingerprint density at radius 1 is 1.24 bits per heavy atom. The maximum absolute atomic E-state index is 11.8. The van der Waals surface area contributed by atoms with E-state index in [-0.39, 0.29) is 5.75 Å². The fraction of sp³-hybridized carbons (Fsp3) is 0.500. The van der Waals surface area contributed by atoms with Crippen LogP contribution in [-0.2, 0) is 9.84 Å². The Morgan fingerprint density at radius 2 is 1.88 bits per heavy atom. The highest BCUT2D eigenvalue weighted by molar-refractivity contribution is 7.91. The molecule has 17 heavy (non-hydrogen) atoms. The third-order valence-corrected chi connectivity index (χ3v) is 4.53. The van der Waals surface area contributed by atoms with Crippen LogP contribution in [0.4, 0.5) is 5.69 Å². The van der Waals surface area contributed by atoms with Crippen LogP contribution in [0.1, 0.15) is 19.8 Å². The molecule has 0 atom stereocenters. The number of rotatable bonds is 7. The first kappa shape index (κ1) is 14.3. The second-order valence-electron chi connectivity index (χ2n) is 3.81. The average Bonchev–Trinajstić information content (AvgIpc) is 2.30. The van der Waals surface area contributed by atoms with E-state index in [2.05, 4.69) is 5.32 Å². The van der Waals surface area contributed by atoms with Gasteiger partial charge in [-0.1, -0.05) is 6.92 Å². The standard InChI is InChI=1S/C12H18ClNO2S/c1-2-10-17(15,16)12-6-4-11(5-7-12)14-9-3-8-13/h4-7,14H,2-3,8-10H2,1H3. The first-order valence-corrected chi connectivity index (χ1v) is 7.91. The molecule has 1 aromatic carbocycles. The second-order valence-corrected chi connectivity index (χ2v) is 6.30. The lowest BCUT2D eigenvalue weighted by atomic mass is 10.3. The maximum Gasteiger partial charge on any atom is 0.178 e. The van der Waals surface area contributed by atoms with Gasteiger partial charge in [0.25, 0.3) is 0 Å². The van der Waals surface area contributed by atoms with Gasteiger partial charge in [0.1, 0.15) is 0 Å². The van der Waals surface area contributed by atoms with Crippen molar-refractivity contribution in [3.8, 4) is 0 Å². The first-order chi connectivity index (χ1) is 8.10. The van der Waals surface area contributed by atoms with Crippen molar-refractivity contribution in [1.29, 1.82) is 0 Å². The van der Waals surface area contributed by atoms with Crippen molar-refractivity contribution in [3.05, 3.63) is 24.3 Å². The molecule has 1 N–H and O–H groups in total. The Labute approximate surface area is 108 Å². The normalized spacial score (nSPS) is 11.4. The number of sulfone groups is 1. The lowest BCUT2D eigenvalue weighted by Crippen LogP contribution is -2.06. The molecule has 0 radical (unpaired) electrons. The highest BCUT2D eigenvalue weighted by Gasteiger charge is 2.12. The molecule has 0 heterocycles. The second kappa shape index (κ2) is 6.87. The molecule has 0 saturated heterocycles. The number of benzene rings is 1. The number of alkyl halides is 1. The van der Waals surface area contributed by atoms with Crippen LogP contribution >= 0.6 is 11.6 Å². The molecule has 1 aromatic rings. The number of hydrogen-bond acceptors (Lipinski definition) is 3.